The molecule has 1 aromatic heterocycles. The Morgan fingerprint density at radius 3 is 2.67 bits per heavy atom. The van der Waals surface area contributed by atoms with Crippen molar-refractivity contribution in [3.63, 3.8) is 0 Å². The number of pyridine rings is 1. The van der Waals surface area contributed by atoms with Crippen molar-refractivity contribution in [1.29, 1.82) is 0 Å². The summed E-state index contributed by atoms with van der Waals surface area (Å²) in [6, 6.07) is 3.65. The van der Waals surface area contributed by atoms with Crippen LogP contribution in [0, 0.1) is 0 Å². The fraction of sp³-hybridized carbons (Fsp3) is 0.333. The Hall–Kier alpha value is -1.38. The van der Waals surface area contributed by atoms with E-state index in [1.807, 2.05) is 19.1 Å². The highest BCUT2D eigenvalue weighted by molar-refractivity contribution is 5.74. The summed E-state index contributed by atoms with van der Waals surface area (Å²) < 4.78 is 0. The van der Waals surface area contributed by atoms with Gasteiger partial charge in [0, 0.05) is 24.6 Å². The van der Waals surface area contributed by atoms with Gasteiger partial charge in [0.2, 0.25) is 6.41 Å². The zero-order valence-corrected chi connectivity index (χ0v) is 7.10. The summed E-state index contributed by atoms with van der Waals surface area (Å²) in [4.78, 5) is 16.1. The topological polar surface area (TPSA) is 33.2 Å². The van der Waals surface area contributed by atoms with Crippen molar-refractivity contribution in [2.45, 2.75) is 13.3 Å². The average molecular weight is 164 g/mol. The van der Waals surface area contributed by atoms with Gasteiger partial charge in [0.15, 0.2) is 0 Å². The molecule has 0 aliphatic rings. The van der Waals surface area contributed by atoms with Gasteiger partial charge in [-0.25, -0.2) is 0 Å². The maximum Gasteiger partial charge on any atom is 0.214 e. The number of carbonyl (C=O) groups is 1. The van der Waals surface area contributed by atoms with E-state index in [9.17, 15) is 4.79 Å². The van der Waals surface area contributed by atoms with Gasteiger partial charge >= 0.3 is 0 Å². The monoisotopic (exact) mass is 164 g/mol. The van der Waals surface area contributed by atoms with Crippen LogP contribution in [0.25, 0.3) is 0 Å². The molecule has 0 unspecified atom stereocenters. The van der Waals surface area contributed by atoms with Crippen LogP contribution >= 0.6 is 0 Å². The van der Waals surface area contributed by atoms with Gasteiger partial charge in [0.25, 0.3) is 0 Å². The van der Waals surface area contributed by atoms with Gasteiger partial charge in [-0.2, -0.15) is 0 Å². The summed E-state index contributed by atoms with van der Waals surface area (Å²) in [5.74, 6) is 0. The Kier molecular flexibility index (Phi) is 3.26. The van der Waals surface area contributed by atoms with Crippen molar-refractivity contribution in [3.05, 3.63) is 24.5 Å². The Balaban J connectivity index is 2.73. The molecule has 0 saturated heterocycles. The number of carbonyl (C=O) groups excluding carboxylic acids is 1. The molecule has 12 heavy (non-hydrogen) atoms. The lowest BCUT2D eigenvalue weighted by molar-refractivity contribution is -0.107. The number of anilines is 1. The third kappa shape index (κ3) is 2.05. The largest absolute Gasteiger partial charge is 0.315 e. The van der Waals surface area contributed by atoms with Crippen molar-refractivity contribution >= 4 is 12.1 Å². The van der Waals surface area contributed by atoms with Gasteiger partial charge in [0.1, 0.15) is 0 Å². The third-order valence-electron chi connectivity index (χ3n) is 1.59. The Bertz CT molecular complexity index is 236. The number of aromatic nitrogens is 1. The van der Waals surface area contributed by atoms with E-state index in [-0.39, 0.29) is 0 Å². The number of rotatable bonds is 4. The zero-order chi connectivity index (χ0) is 8.81. The molecule has 0 fully saturated rings. The number of hydrogen-bond donors (Lipinski definition) is 0. The summed E-state index contributed by atoms with van der Waals surface area (Å²) in [6.45, 7) is 2.80. The van der Waals surface area contributed by atoms with Crippen LogP contribution in [0.4, 0.5) is 5.69 Å². The predicted molar refractivity (Wildman–Crippen MR) is 47.9 cm³/mol. The van der Waals surface area contributed by atoms with Crippen LogP contribution < -0.4 is 4.90 Å². The summed E-state index contributed by atoms with van der Waals surface area (Å²) in [5.41, 5.74) is 0.904. The van der Waals surface area contributed by atoms with Crippen molar-refractivity contribution < 1.29 is 4.79 Å². The Morgan fingerprint density at radius 1 is 1.50 bits per heavy atom. The molecular formula is C9H12N2O. The van der Waals surface area contributed by atoms with E-state index >= 15 is 0 Å². The molecule has 0 aliphatic heterocycles. The minimum atomic E-state index is 0.757. The maximum absolute atomic E-state index is 10.6. The molecule has 1 rings (SSSR count). The second kappa shape index (κ2) is 4.49. The molecule has 0 aromatic carbocycles. The summed E-state index contributed by atoms with van der Waals surface area (Å²) in [5, 5.41) is 0. The third-order valence-corrected chi connectivity index (χ3v) is 1.59. The quantitative estimate of drug-likeness (QED) is 0.631. The number of nitrogens with zero attached hydrogens (tertiary/aromatic N) is 2. The first kappa shape index (κ1) is 8.71. The molecule has 3 nitrogen and oxygen atoms in total. The fourth-order valence-electron chi connectivity index (χ4n) is 1.02. The highest BCUT2D eigenvalue weighted by Gasteiger charge is 2.00. The van der Waals surface area contributed by atoms with E-state index in [0.717, 1.165) is 25.1 Å². The van der Waals surface area contributed by atoms with E-state index in [4.69, 9.17) is 0 Å². The first-order chi connectivity index (χ1) is 5.88. The fourth-order valence-corrected chi connectivity index (χ4v) is 1.02. The number of amides is 1. The Morgan fingerprint density at radius 2 is 2.17 bits per heavy atom. The van der Waals surface area contributed by atoms with Crippen LogP contribution in [-0.2, 0) is 4.79 Å². The van der Waals surface area contributed by atoms with Crippen molar-refractivity contribution in [3.8, 4) is 0 Å². The second-order valence-corrected chi connectivity index (χ2v) is 2.50. The van der Waals surface area contributed by atoms with E-state index in [1.165, 1.54) is 0 Å². The lowest BCUT2D eigenvalue weighted by Crippen LogP contribution is -2.21. The second-order valence-electron chi connectivity index (χ2n) is 2.50. The maximum atomic E-state index is 10.6. The molecule has 0 spiro atoms. The first-order valence-electron chi connectivity index (χ1n) is 4.00. The molecule has 3 heteroatoms. The molecule has 0 radical (unpaired) electrons. The molecule has 0 N–H and O–H groups in total. The van der Waals surface area contributed by atoms with Gasteiger partial charge in [0.05, 0.1) is 0 Å². The van der Waals surface area contributed by atoms with Crippen LogP contribution in [-0.4, -0.2) is 17.9 Å². The van der Waals surface area contributed by atoms with Crippen molar-refractivity contribution in [2.75, 3.05) is 11.4 Å². The highest BCUT2D eigenvalue weighted by atomic mass is 16.1. The van der Waals surface area contributed by atoms with Gasteiger partial charge in [-0.05, 0) is 18.6 Å². The normalized spacial score (nSPS) is 9.42. The minimum absolute atomic E-state index is 0.757. The molecular weight excluding hydrogens is 152 g/mol. The summed E-state index contributed by atoms with van der Waals surface area (Å²) in [6.07, 6.45) is 5.17. The van der Waals surface area contributed by atoms with E-state index in [1.54, 1.807) is 17.3 Å². The van der Waals surface area contributed by atoms with Crippen LogP contribution in [0.5, 0.6) is 0 Å². The predicted octanol–water partition coefficient (Wildman–Crippen LogP) is 1.45. The summed E-state index contributed by atoms with van der Waals surface area (Å²) in [7, 11) is 0. The summed E-state index contributed by atoms with van der Waals surface area (Å²) >= 11 is 0. The average Bonchev–Trinajstić information content (AvgIpc) is 2.15. The van der Waals surface area contributed by atoms with Gasteiger partial charge < -0.3 is 4.90 Å². The minimum Gasteiger partial charge on any atom is -0.315 e. The molecule has 0 saturated carbocycles. The van der Waals surface area contributed by atoms with Gasteiger partial charge in [-0.15, -0.1) is 0 Å². The van der Waals surface area contributed by atoms with E-state index in [0.29, 0.717) is 0 Å². The van der Waals surface area contributed by atoms with Gasteiger partial charge in [-0.3, -0.25) is 9.78 Å². The van der Waals surface area contributed by atoms with Gasteiger partial charge in [-0.1, -0.05) is 6.92 Å². The van der Waals surface area contributed by atoms with Crippen LogP contribution in [0.1, 0.15) is 13.3 Å². The standard InChI is InChI=1S/C9H12N2O/c1-2-7-11(8-12)9-3-5-10-6-4-9/h3-6,8H,2,7H2,1H3. The van der Waals surface area contributed by atoms with Crippen LogP contribution in [0.15, 0.2) is 24.5 Å². The highest BCUT2D eigenvalue weighted by Crippen LogP contribution is 2.09. The zero-order valence-electron chi connectivity index (χ0n) is 7.10. The van der Waals surface area contributed by atoms with E-state index in [2.05, 4.69) is 4.98 Å². The van der Waals surface area contributed by atoms with E-state index < -0.39 is 0 Å². The molecule has 1 heterocycles. The lowest BCUT2D eigenvalue weighted by Gasteiger charge is -2.15. The van der Waals surface area contributed by atoms with Crippen molar-refractivity contribution in [1.82, 2.24) is 4.98 Å². The molecule has 64 valence electrons. The Labute approximate surface area is 72.0 Å². The SMILES string of the molecule is CCCN(C=O)c1ccncc1. The van der Waals surface area contributed by atoms with Crippen molar-refractivity contribution in [2.24, 2.45) is 0 Å². The molecule has 0 atom stereocenters. The molecule has 0 aliphatic carbocycles. The molecule has 1 aromatic rings. The molecule has 1 amide bonds. The molecule has 0 bridgehead atoms. The smallest absolute Gasteiger partial charge is 0.214 e. The lowest BCUT2D eigenvalue weighted by atomic mass is 10.3. The van der Waals surface area contributed by atoms with Crippen LogP contribution in [0.3, 0.4) is 0 Å². The first-order valence-corrected chi connectivity index (χ1v) is 4.00. The number of hydrogen-bond acceptors (Lipinski definition) is 2. The van der Waals surface area contributed by atoms with Crippen LogP contribution in [0.2, 0.25) is 0 Å².